The van der Waals surface area contributed by atoms with E-state index in [9.17, 15) is 5.11 Å². The van der Waals surface area contributed by atoms with Crippen molar-refractivity contribution in [3.05, 3.63) is 0 Å². The summed E-state index contributed by atoms with van der Waals surface area (Å²) in [6.45, 7) is 1.00. The normalized spacial score (nSPS) is 13.7. The Morgan fingerprint density at radius 2 is 2.11 bits per heavy atom. The van der Waals surface area contributed by atoms with Crippen LogP contribution in [-0.4, -0.2) is 26.0 Å². The second-order valence-corrected chi connectivity index (χ2v) is 1.68. The van der Waals surface area contributed by atoms with Gasteiger partial charge in [-0.3, -0.25) is 0 Å². The maximum Gasteiger partial charge on any atom is 0.203 e. The van der Waals surface area contributed by atoms with Crippen molar-refractivity contribution in [2.75, 3.05) is 19.7 Å². The molecule has 1 unspecified atom stereocenters. The third kappa shape index (κ3) is 5.72. The van der Waals surface area contributed by atoms with Crippen molar-refractivity contribution in [1.82, 2.24) is 0 Å². The number of hydrogen-bond donors (Lipinski definition) is 2. The fraction of sp³-hybridized carbons (Fsp3) is 1.00. The van der Waals surface area contributed by atoms with Gasteiger partial charge in [-0.05, 0) is 13.0 Å². The molecule has 0 rings (SSSR count). The molecule has 0 aromatic carbocycles. The molecule has 0 aliphatic carbocycles. The molecule has 4 nitrogen and oxygen atoms in total. The minimum Gasteiger partial charge on any atom is -0.349 e. The lowest BCUT2D eigenvalue weighted by Gasteiger charge is -2.04. The Bertz CT molecular complexity index is 60.9. The van der Waals surface area contributed by atoms with Crippen LogP contribution in [0.3, 0.4) is 0 Å². The average Bonchev–Trinajstić information content (AvgIpc) is 1.89. The largest absolute Gasteiger partial charge is 0.349 e. The van der Waals surface area contributed by atoms with Crippen LogP contribution in [0.25, 0.3) is 0 Å². The first kappa shape index (κ1) is 8.84. The van der Waals surface area contributed by atoms with Crippen LogP contribution in [0.5, 0.6) is 0 Å². The maximum absolute atomic E-state index is 10.4. The summed E-state index contributed by atoms with van der Waals surface area (Å²) < 4.78 is 4.67. The van der Waals surface area contributed by atoms with Gasteiger partial charge in [0.15, 0.2) is 0 Å². The summed E-state index contributed by atoms with van der Waals surface area (Å²) in [5.41, 5.74) is 10.1. The third-order valence-electron chi connectivity index (χ3n) is 0.845. The lowest BCUT2D eigenvalue weighted by atomic mass is 10.5. The molecule has 0 aliphatic heterocycles. The Morgan fingerprint density at radius 1 is 1.44 bits per heavy atom. The molecule has 0 saturated carbocycles. The molecule has 0 aromatic heterocycles. The van der Waals surface area contributed by atoms with Gasteiger partial charge in [0.25, 0.3) is 0 Å². The van der Waals surface area contributed by atoms with Crippen LogP contribution in [0.4, 0.5) is 0 Å². The molecular formula is C5H13N2O2. The van der Waals surface area contributed by atoms with Gasteiger partial charge in [0.05, 0.1) is 6.61 Å². The first-order valence-electron chi connectivity index (χ1n) is 2.98. The van der Waals surface area contributed by atoms with Gasteiger partial charge < -0.3 is 16.2 Å². The lowest BCUT2D eigenvalue weighted by molar-refractivity contribution is -0.132. The molecule has 1 atom stereocenters. The first-order chi connectivity index (χ1) is 4.31. The van der Waals surface area contributed by atoms with Crippen LogP contribution in [0.15, 0.2) is 0 Å². The van der Waals surface area contributed by atoms with E-state index in [1.165, 1.54) is 0 Å². The van der Waals surface area contributed by atoms with E-state index in [0.717, 1.165) is 6.42 Å². The van der Waals surface area contributed by atoms with E-state index in [1.807, 2.05) is 0 Å². The molecule has 0 fully saturated rings. The molecule has 4 N–H and O–H groups in total. The van der Waals surface area contributed by atoms with Crippen molar-refractivity contribution in [2.24, 2.45) is 11.5 Å². The number of ether oxygens (including phenoxy) is 1. The number of rotatable bonds is 5. The third-order valence-corrected chi connectivity index (χ3v) is 0.845. The average molecular weight is 133 g/mol. The Balaban J connectivity index is 2.88. The van der Waals surface area contributed by atoms with Crippen molar-refractivity contribution < 1.29 is 9.84 Å². The molecule has 9 heavy (non-hydrogen) atoms. The molecule has 1 radical (unpaired) electrons. The zero-order valence-corrected chi connectivity index (χ0v) is 5.38. The van der Waals surface area contributed by atoms with Crippen LogP contribution < -0.4 is 11.5 Å². The van der Waals surface area contributed by atoms with E-state index in [4.69, 9.17) is 11.5 Å². The van der Waals surface area contributed by atoms with Crippen LogP contribution in [0.2, 0.25) is 0 Å². The van der Waals surface area contributed by atoms with E-state index in [2.05, 4.69) is 4.74 Å². The summed E-state index contributed by atoms with van der Waals surface area (Å²) in [5.74, 6) is 0. The second kappa shape index (κ2) is 5.97. The molecule has 55 valence electrons. The molecule has 0 amide bonds. The van der Waals surface area contributed by atoms with E-state index in [0.29, 0.717) is 13.2 Å². The van der Waals surface area contributed by atoms with Crippen molar-refractivity contribution in [3.8, 4) is 0 Å². The highest BCUT2D eigenvalue weighted by atomic mass is 16.6. The Morgan fingerprint density at radius 3 is 2.56 bits per heavy atom. The molecule has 0 aromatic rings. The maximum atomic E-state index is 10.4. The zero-order valence-electron chi connectivity index (χ0n) is 5.38. The van der Waals surface area contributed by atoms with Crippen molar-refractivity contribution in [1.29, 1.82) is 0 Å². The molecule has 0 aliphatic rings. The SMILES string of the molecule is NCCCOC([O])CN. The fourth-order valence-corrected chi connectivity index (χ4v) is 0.366. The van der Waals surface area contributed by atoms with Gasteiger partial charge >= 0.3 is 0 Å². The van der Waals surface area contributed by atoms with Crippen LogP contribution in [0.1, 0.15) is 6.42 Å². The lowest BCUT2D eigenvalue weighted by Crippen LogP contribution is -2.22. The van der Waals surface area contributed by atoms with Gasteiger partial charge in [-0.2, -0.15) is 0 Å². The summed E-state index contributed by atoms with van der Waals surface area (Å²) in [5, 5.41) is 10.4. The van der Waals surface area contributed by atoms with Crippen LogP contribution in [-0.2, 0) is 9.84 Å². The second-order valence-electron chi connectivity index (χ2n) is 1.68. The van der Waals surface area contributed by atoms with Crippen molar-refractivity contribution in [2.45, 2.75) is 12.7 Å². The topological polar surface area (TPSA) is 81.2 Å². The fourth-order valence-electron chi connectivity index (χ4n) is 0.366. The highest BCUT2D eigenvalue weighted by molar-refractivity contribution is 4.40. The molecule has 0 bridgehead atoms. The Hall–Kier alpha value is -0.160. The summed E-state index contributed by atoms with van der Waals surface area (Å²) in [6.07, 6.45) is -0.352. The first-order valence-corrected chi connectivity index (χ1v) is 2.98. The molecule has 4 heteroatoms. The van der Waals surface area contributed by atoms with Gasteiger partial charge in [0.2, 0.25) is 6.29 Å². The summed E-state index contributed by atoms with van der Waals surface area (Å²) in [7, 11) is 0. The molecule has 0 spiro atoms. The van der Waals surface area contributed by atoms with E-state index < -0.39 is 6.29 Å². The van der Waals surface area contributed by atoms with Gasteiger partial charge in [-0.1, -0.05) is 0 Å². The summed E-state index contributed by atoms with van der Waals surface area (Å²) in [4.78, 5) is 0. The predicted molar refractivity (Wildman–Crippen MR) is 33.2 cm³/mol. The van der Waals surface area contributed by atoms with Gasteiger partial charge in [0.1, 0.15) is 0 Å². The van der Waals surface area contributed by atoms with Crippen molar-refractivity contribution in [3.63, 3.8) is 0 Å². The minimum absolute atomic E-state index is 0.0323. The van der Waals surface area contributed by atoms with Gasteiger partial charge in [0, 0.05) is 6.54 Å². The highest BCUT2D eigenvalue weighted by Gasteiger charge is 1.99. The number of nitrogens with two attached hydrogens (primary N) is 2. The smallest absolute Gasteiger partial charge is 0.203 e. The number of hydrogen-bond acceptors (Lipinski definition) is 3. The van der Waals surface area contributed by atoms with Crippen LogP contribution >= 0.6 is 0 Å². The molecule has 0 heterocycles. The quantitative estimate of drug-likeness (QED) is 0.375. The monoisotopic (exact) mass is 133 g/mol. The molecular weight excluding hydrogens is 120 g/mol. The summed E-state index contributed by atoms with van der Waals surface area (Å²) in [6, 6.07) is 0. The molecule has 0 saturated heterocycles. The minimum atomic E-state index is -1.07. The Kier molecular flexibility index (Phi) is 5.86. The summed E-state index contributed by atoms with van der Waals surface area (Å²) >= 11 is 0. The van der Waals surface area contributed by atoms with E-state index >= 15 is 0 Å². The predicted octanol–water partition coefficient (Wildman–Crippen LogP) is -0.933. The van der Waals surface area contributed by atoms with Gasteiger partial charge in [-0.15, -0.1) is 0 Å². The van der Waals surface area contributed by atoms with E-state index in [1.54, 1.807) is 0 Å². The van der Waals surface area contributed by atoms with Gasteiger partial charge in [-0.25, -0.2) is 5.11 Å². The highest BCUT2D eigenvalue weighted by Crippen LogP contribution is 1.85. The van der Waals surface area contributed by atoms with Crippen molar-refractivity contribution >= 4 is 0 Å². The van der Waals surface area contributed by atoms with Crippen LogP contribution in [0, 0.1) is 0 Å². The standard InChI is InChI=1S/C5H13N2O2/c6-2-1-3-9-5(8)4-7/h5H,1-4,6-7H2. The Labute approximate surface area is 54.8 Å². The van der Waals surface area contributed by atoms with E-state index in [-0.39, 0.29) is 6.54 Å². The zero-order chi connectivity index (χ0) is 7.11.